The van der Waals surface area contributed by atoms with Crippen LogP contribution in [0.3, 0.4) is 0 Å². The number of aliphatic imine (C=N–C) groups is 1. The zero-order valence-corrected chi connectivity index (χ0v) is 19.2. The number of alkyl halides is 3. The van der Waals surface area contributed by atoms with E-state index in [9.17, 15) is 18.0 Å². The van der Waals surface area contributed by atoms with Gasteiger partial charge < -0.3 is 9.47 Å². The molecule has 1 amide bonds. The number of aryl methyl sites for hydroxylation is 1. The Bertz CT molecular complexity index is 1100. The van der Waals surface area contributed by atoms with Crippen LogP contribution in [0, 0.1) is 12.3 Å². The van der Waals surface area contributed by atoms with Crippen molar-refractivity contribution in [2.45, 2.75) is 25.1 Å². The third-order valence-corrected chi connectivity index (χ3v) is 5.62. The minimum Gasteiger partial charge on any atom is -0.468 e. The molecule has 176 valence electrons. The Hall–Kier alpha value is -2.62. The maximum Gasteiger partial charge on any atom is 0.422 e. The average Bonchev–Trinajstić information content (AvgIpc) is 2.96. The van der Waals surface area contributed by atoms with Gasteiger partial charge in [0.2, 0.25) is 0 Å². The minimum atomic E-state index is -4.79. The fraction of sp³-hybridized carbons (Fsp3) is 0.318. The fourth-order valence-electron chi connectivity index (χ4n) is 3.57. The summed E-state index contributed by atoms with van der Waals surface area (Å²) in [6, 6.07) is 7.84. The monoisotopic (exact) mass is 501 g/mol. The van der Waals surface area contributed by atoms with E-state index < -0.39 is 30.1 Å². The molecule has 0 aliphatic carbocycles. The lowest BCUT2D eigenvalue weighted by molar-refractivity contribution is -0.280. The van der Waals surface area contributed by atoms with Crippen molar-refractivity contribution in [3.05, 3.63) is 68.7 Å². The summed E-state index contributed by atoms with van der Waals surface area (Å²) < 4.78 is 53.4. The molecule has 2 N–H and O–H groups in total. The first-order chi connectivity index (χ1) is 15.5. The van der Waals surface area contributed by atoms with E-state index >= 15 is 0 Å². The van der Waals surface area contributed by atoms with Gasteiger partial charge in [-0.3, -0.25) is 20.5 Å². The number of amidine groups is 1. The summed E-state index contributed by atoms with van der Waals surface area (Å²) >= 11 is 12.0. The predicted octanol–water partition coefficient (Wildman–Crippen LogP) is 5.28. The summed E-state index contributed by atoms with van der Waals surface area (Å²) in [6.45, 7) is 1.40. The Morgan fingerprint density at radius 1 is 1.21 bits per heavy atom. The number of ether oxygens (including phenoxy) is 2. The molecule has 0 fully saturated rings. The second kappa shape index (κ2) is 9.70. The molecule has 1 unspecified atom stereocenters. The van der Waals surface area contributed by atoms with Crippen molar-refractivity contribution in [1.82, 2.24) is 5.32 Å². The number of halogens is 5. The van der Waals surface area contributed by atoms with Crippen LogP contribution in [-0.2, 0) is 15.1 Å². The molecule has 1 heterocycles. The van der Waals surface area contributed by atoms with Crippen LogP contribution >= 0.6 is 23.2 Å². The second-order valence-corrected chi connectivity index (χ2v) is 8.23. The number of hydrogen-bond acceptors (Lipinski definition) is 5. The molecular weight excluding hydrogens is 482 g/mol. The summed E-state index contributed by atoms with van der Waals surface area (Å²) in [5.74, 6) is -0.574. The van der Waals surface area contributed by atoms with Gasteiger partial charge >= 0.3 is 6.18 Å². The summed E-state index contributed by atoms with van der Waals surface area (Å²) in [4.78, 5) is 16.6. The predicted molar refractivity (Wildman–Crippen MR) is 120 cm³/mol. The highest BCUT2D eigenvalue weighted by Crippen LogP contribution is 2.47. The van der Waals surface area contributed by atoms with Gasteiger partial charge in [-0.25, -0.2) is 0 Å². The Balaban J connectivity index is 2.02. The molecule has 1 aliphatic heterocycles. The number of carbonyl (C=O) groups excluding carboxylic acids is 1. The number of nitrogens with one attached hydrogen (secondary N) is 2. The molecule has 0 aromatic heterocycles. The molecule has 0 bridgehead atoms. The first kappa shape index (κ1) is 25.0. The number of carbonyl (C=O) groups is 1. The number of nitrogens with zero attached hydrogens (tertiary/aromatic N) is 1. The van der Waals surface area contributed by atoms with E-state index in [0.717, 1.165) is 0 Å². The SMILES string of the molecule is COC(=N)NC(=O)c1ccc(C2=NCCOC(c3cc(Cl)cc(Cl)c3)(C(F)(F)F)C2)cc1C. The van der Waals surface area contributed by atoms with E-state index in [4.69, 9.17) is 33.3 Å². The minimum absolute atomic E-state index is 0.0216. The van der Waals surface area contributed by atoms with Crippen LogP contribution in [0.1, 0.15) is 33.5 Å². The van der Waals surface area contributed by atoms with E-state index in [1.54, 1.807) is 13.0 Å². The van der Waals surface area contributed by atoms with Crippen molar-refractivity contribution in [1.29, 1.82) is 5.41 Å². The maximum absolute atomic E-state index is 14.5. The molecule has 1 aliphatic rings. The molecule has 0 spiro atoms. The standard InChI is InChI=1S/C22H20Cl2F3N3O3/c1-12-7-13(3-4-17(12)19(31)30-20(28)32-2)18-11-21(22(25,26)27,33-6-5-29-18)14-8-15(23)10-16(24)9-14/h3-4,7-10H,5-6,11H2,1-2H3,(H2,28,30,31). The van der Waals surface area contributed by atoms with Crippen LogP contribution in [0.5, 0.6) is 0 Å². The molecule has 0 saturated heterocycles. The zero-order valence-electron chi connectivity index (χ0n) is 17.6. The lowest BCUT2D eigenvalue weighted by Gasteiger charge is -2.35. The van der Waals surface area contributed by atoms with Gasteiger partial charge in [0, 0.05) is 27.7 Å². The Morgan fingerprint density at radius 2 is 1.88 bits per heavy atom. The van der Waals surface area contributed by atoms with Gasteiger partial charge in [0.25, 0.3) is 11.9 Å². The third-order valence-electron chi connectivity index (χ3n) is 5.18. The Morgan fingerprint density at radius 3 is 2.45 bits per heavy atom. The van der Waals surface area contributed by atoms with Crippen LogP contribution < -0.4 is 5.32 Å². The number of amides is 1. The van der Waals surface area contributed by atoms with Crippen molar-refractivity contribution in [2.24, 2.45) is 4.99 Å². The van der Waals surface area contributed by atoms with Gasteiger partial charge in [-0.2, -0.15) is 13.2 Å². The molecule has 33 heavy (non-hydrogen) atoms. The lowest BCUT2D eigenvalue weighted by atomic mass is 9.85. The van der Waals surface area contributed by atoms with Crippen molar-refractivity contribution < 1.29 is 27.4 Å². The summed E-state index contributed by atoms with van der Waals surface area (Å²) in [5, 5.41) is 9.79. The van der Waals surface area contributed by atoms with Gasteiger partial charge in [0.1, 0.15) is 0 Å². The molecular formula is C22H20Cl2F3N3O3. The normalized spacial score (nSPS) is 18.8. The van der Waals surface area contributed by atoms with Crippen LogP contribution in [-0.4, -0.2) is 44.1 Å². The first-order valence-corrected chi connectivity index (χ1v) is 10.5. The number of benzene rings is 2. The molecule has 11 heteroatoms. The average molecular weight is 502 g/mol. The van der Waals surface area contributed by atoms with Crippen molar-refractivity contribution >= 4 is 40.8 Å². The van der Waals surface area contributed by atoms with Crippen LogP contribution in [0.4, 0.5) is 13.2 Å². The van der Waals surface area contributed by atoms with E-state index in [-0.39, 0.29) is 40.0 Å². The molecule has 2 aromatic carbocycles. The molecule has 2 aromatic rings. The number of rotatable bonds is 3. The zero-order chi connectivity index (χ0) is 24.4. The summed E-state index contributed by atoms with van der Waals surface area (Å²) in [5.41, 5.74) is -1.60. The highest BCUT2D eigenvalue weighted by molar-refractivity contribution is 6.34. The topological polar surface area (TPSA) is 83.8 Å². The van der Waals surface area contributed by atoms with E-state index in [2.05, 4.69) is 15.0 Å². The van der Waals surface area contributed by atoms with E-state index in [0.29, 0.717) is 11.1 Å². The largest absolute Gasteiger partial charge is 0.468 e. The van der Waals surface area contributed by atoms with Gasteiger partial charge in [0.15, 0.2) is 5.60 Å². The van der Waals surface area contributed by atoms with Crippen LogP contribution in [0.25, 0.3) is 0 Å². The van der Waals surface area contributed by atoms with Crippen molar-refractivity contribution in [2.75, 3.05) is 20.3 Å². The molecule has 0 radical (unpaired) electrons. The van der Waals surface area contributed by atoms with Crippen LogP contribution in [0.2, 0.25) is 10.0 Å². The quantitative estimate of drug-likeness (QED) is 0.443. The lowest BCUT2D eigenvalue weighted by Crippen LogP contribution is -2.46. The van der Waals surface area contributed by atoms with E-state index in [1.165, 1.54) is 37.4 Å². The molecule has 0 saturated carbocycles. The Labute approximate surface area is 198 Å². The molecule has 6 nitrogen and oxygen atoms in total. The smallest absolute Gasteiger partial charge is 0.422 e. The highest BCUT2D eigenvalue weighted by atomic mass is 35.5. The second-order valence-electron chi connectivity index (χ2n) is 7.35. The van der Waals surface area contributed by atoms with Gasteiger partial charge in [-0.1, -0.05) is 29.3 Å². The summed E-state index contributed by atoms with van der Waals surface area (Å²) in [6.07, 6.45) is -5.39. The van der Waals surface area contributed by atoms with Crippen molar-refractivity contribution in [3.63, 3.8) is 0 Å². The van der Waals surface area contributed by atoms with Crippen LogP contribution in [0.15, 0.2) is 41.4 Å². The first-order valence-electron chi connectivity index (χ1n) is 9.72. The van der Waals surface area contributed by atoms with Crippen molar-refractivity contribution in [3.8, 4) is 0 Å². The highest BCUT2D eigenvalue weighted by Gasteiger charge is 2.58. The molecule has 3 rings (SSSR count). The van der Waals surface area contributed by atoms with E-state index in [1.807, 2.05) is 0 Å². The maximum atomic E-state index is 14.5. The van der Waals surface area contributed by atoms with Gasteiger partial charge in [-0.05, 0) is 53.9 Å². The molecule has 1 atom stereocenters. The fourth-order valence-corrected chi connectivity index (χ4v) is 4.10. The Kier molecular flexibility index (Phi) is 7.36. The van der Waals surface area contributed by atoms with Gasteiger partial charge in [-0.15, -0.1) is 0 Å². The number of methoxy groups -OCH3 is 1. The van der Waals surface area contributed by atoms with Gasteiger partial charge in [0.05, 0.1) is 20.3 Å². The third kappa shape index (κ3) is 5.31. The number of hydrogen-bond donors (Lipinski definition) is 2. The summed E-state index contributed by atoms with van der Waals surface area (Å²) in [7, 11) is 1.24.